The molecule has 6 heteroatoms. The van der Waals surface area contributed by atoms with Gasteiger partial charge in [0.1, 0.15) is 24.5 Å². The number of rotatable bonds is 6. The molecule has 32 heavy (non-hydrogen) atoms. The van der Waals surface area contributed by atoms with Crippen molar-refractivity contribution < 1.29 is 9.53 Å². The van der Waals surface area contributed by atoms with Gasteiger partial charge >= 0.3 is 0 Å². The van der Waals surface area contributed by atoms with Crippen LogP contribution in [0.5, 0.6) is 5.75 Å². The van der Waals surface area contributed by atoms with E-state index in [2.05, 4.69) is 33.2 Å². The van der Waals surface area contributed by atoms with Crippen LogP contribution in [0.25, 0.3) is 10.9 Å². The van der Waals surface area contributed by atoms with Crippen molar-refractivity contribution in [3.63, 3.8) is 0 Å². The summed E-state index contributed by atoms with van der Waals surface area (Å²) in [6.45, 7) is 4.11. The fourth-order valence-corrected chi connectivity index (χ4v) is 3.51. The van der Waals surface area contributed by atoms with E-state index >= 15 is 0 Å². The predicted molar refractivity (Wildman–Crippen MR) is 128 cm³/mol. The Labute approximate surface area is 191 Å². The molecule has 0 aliphatic heterocycles. The Morgan fingerprint density at radius 1 is 1.09 bits per heavy atom. The van der Waals surface area contributed by atoms with E-state index in [4.69, 9.17) is 16.3 Å². The summed E-state index contributed by atoms with van der Waals surface area (Å²) in [6.07, 6.45) is 1.47. The molecular weight excluding hydrogens is 422 g/mol. The van der Waals surface area contributed by atoms with Crippen LogP contribution in [0.3, 0.4) is 0 Å². The van der Waals surface area contributed by atoms with Crippen molar-refractivity contribution in [3.05, 3.63) is 88.7 Å². The smallest absolute Gasteiger partial charge is 0.235 e. The van der Waals surface area contributed by atoms with Crippen LogP contribution >= 0.6 is 11.6 Å². The number of nitrogens with zero attached hydrogens (tertiary/aromatic N) is 2. The topological polar surface area (TPSA) is 64.1 Å². The van der Waals surface area contributed by atoms with Gasteiger partial charge in [0.05, 0.1) is 10.5 Å². The number of fused-ring (bicyclic) bond motifs is 1. The standard InChI is InChI=1S/C26H20ClN3O2/c1-3-5-24(31)19-8-10-23-21(13-19)26(29-16-28-23)30-20-9-11-25(22(27)14-20)32-15-18-7-4-6-17(2)12-18/h4,6-14,16H,15H2,1-2H3,(H,28,29,30). The van der Waals surface area contributed by atoms with E-state index < -0.39 is 0 Å². The van der Waals surface area contributed by atoms with E-state index in [1.54, 1.807) is 31.2 Å². The number of aromatic nitrogens is 2. The summed E-state index contributed by atoms with van der Waals surface area (Å²) in [6, 6.07) is 18.8. The molecule has 0 aliphatic rings. The van der Waals surface area contributed by atoms with Gasteiger partial charge in [0.2, 0.25) is 5.78 Å². The van der Waals surface area contributed by atoms with Gasteiger partial charge in [-0.25, -0.2) is 9.97 Å². The summed E-state index contributed by atoms with van der Waals surface area (Å²) in [5.74, 6) is 6.10. The largest absolute Gasteiger partial charge is 0.487 e. The van der Waals surface area contributed by atoms with Crippen molar-refractivity contribution in [2.24, 2.45) is 0 Å². The second-order valence-corrected chi connectivity index (χ2v) is 7.61. The van der Waals surface area contributed by atoms with Gasteiger partial charge in [-0.3, -0.25) is 4.79 Å². The summed E-state index contributed by atoms with van der Waals surface area (Å²) in [5.41, 5.74) is 4.20. The molecule has 0 radical (unpaired) electrons. The number of aryl methyl sites for hydroxylation is 1. The zero-order valence-corrected chi connectivity index (χ0v) is 18.4. The summed E-state index contributed by atoms with van der Waals surface area (Å²) >= 11 is 6.46. The zero-order valence-electron chi connectivity index (χ0n) is 17.6. The van der Waals surface area contributed by atoms with Gasteiger partial charge in [-0.2, -0.15) is 0 Å². The molecule has 0 atom stereocenters. The molecule has 5 nitrogen and oxygen atoms in total. The Hall–Kier alpha value is -3.88. The van der Waals surface area contributed by atoms with Crippen LogP contribution < -0.4 is 10.1 Å². The van der Waals surface area contributed by atoms with Gasteiger partial charge in [-0.05, 0) is 61.7 Å². The van der Waals surface area contributed by atoms with Crippen molar-refractivity contribution in [3.8, 4) is 17.6 Å². The molecule has 158 valence electrons. The molecular formula is C26H20ClN3O2. The molecule has 1 N–H and O–H groups in total. The second kappa shape index (κ2) is 9.51. The second-order valence-electron chi connectivity index (χ2n) is 7.21. The first-order valence-electron chi connectivity index (χ1n) is 10.0. The summed E-state index contributed by atoms with van der Waals surface area (Å²) < 4.78 is 5.88. The molecule has 0 aliphatic carbocycles. The molecule has 1 aromatic heterocycles. The Kier molecular flexibility index (Phi) is 6.34. The number of hydrogen-bond acceptors (Lipinski definition) is 5. The third kappa shape index (κ3) is 4.88. The van der Waals surface area contributed by atoms with E-state index in [-0.39, 0.29) is 5.78 Å². The molecule has 4 rings (SSSR count). The maximum atomic E-state index is 12.2. The Balaban J connectivity index is 1.56. The summed E-state index contributed by atoms with van der Waals surface area (Å²) in [7, 11) is 0. The van der Waals surface area contributed by atoms with E-state index in [9.17, 15) is 4.79 Å². The fourth-order valence-electron chi connectivity index (χ4n) is 3.28. The van der Waals surface area contributed by atoms with Crippen molar-refractivity contribution in [2.45, 2.75) is 20.5 Å². The highest BCUT2D eigenvalue weighted by atomic mass is 35.5. The normalized spacial score (nSPS) is 10.3. The molecule has 0 saturated heterocycles. The first kappa shape index (κ1) is 21.4. The number of ketones is 1. The van der Waals surface area contributed by atoms with Crippen molar-refractivity contribution in [1.82, 2.24) is 9.97 Å². The number of benzene rings is 3. The van der Waals surface area contributed by atoms with Crippen LogP contribution in [-0.4, -0.2) is 15.8 Å². The van der Waals surface area contributed by atoms with Gasteiger partial charge in [0.15, 0.2) is 0 Å². The highest BCUT2D eigenvalue weighted by Gasteiger charge is 2.10. The van der Waals surface area contributed by atoms with E-state index in [0.717, 1.165) is 11.3 Å². The predicted octanol–water partition coefficient (Wildman–Crippen LogP) is 6.12. The quantitative estimate of drug-likeness (QED) is 0.222. The van der Waals surface area contributed by atoms with Gasteiger partial charge in [-0.15, -0.1) is 0 Å². The number of ether oxygens (including phenoxy) is 1. The molecule has 0 saturated carbocycles. The van der Waals surface area contributed by atoms with Crippen molar-refractivity contribution in [1.29, 1.82) is 0 Å². The van der Waals surface area contributed by atoms with Crippen LogP contribution in [0.15, 0.2) is 67.0 Å². The van der Waals surface area contributed by atoms with Gasteiger partial charge < -0.3 is 10.1 Å². The Morgan fingerprint density at radius 2 is 1.97 bits per heavy atom. The van der Waals surface area contributed by atoms with E-state index in [1.165, 1.54) is 11.9 Å². The number of anilines is 2. The third-order valence-corrected chi connectivity index (χ3v) is 5.10. The lowest BCUT2D eigenvalue weighted by molar-refractivity contribution is 0.105. The maximum Gasteiger partial charge on any atom is 0.235 e. The minimum atomic E-state index is -0.248. The molecule has 0 unspecified atom stereocenters. The van der Waals surface area contributed by atoms with Crippen LogP contribution in [0.2, 0.25) is 5.02 Å². The lowest BCUT2D eigenvalue weighted by Crippen LogP contribution is -2.00. The number of nitrogens with one attached hydrogen (secondary N) is 1. The van der Waals surface area contributed by atoms with Crippen LogP contribution in [0, 0.1) is 18.8 Å². The Bertz CT molecular complexity index is 1370. The molecule has 3 aromatic carbocycles. The molecule has 0 fully saturated rings. The highest BCUT2D eigenvalue weighted by Crippen LogP contribution is 2.31. The summed E-state index contributed by atoms with van der Waals surface area (Å²) in [5, 5.41) is 4.45. The highest BCUT2D eigenvalue weighted by molar-refractivity contribution is 6.32. The van der Waals surface area contributed by atoms with Crippen LogP contribution in [-0.2, 0) is 6.61 Å². The monoisotopic (exact) mass is 441 g/mol. The molecule has 1 heterocycles. The number of Topliss-reactive ketones (excluding diaryl/α,β-unsaturated/α-hetero) is 1. The third-order valence-electron chi connectivity index (χ3n) is 4.81. The number of halogens is 1. The Morgan fingerprint density at radius 3 is 2.75 bits per heavy atom. The molecule has 0 spiro atoms. The van der Waals surface area contributed by atoms with E-state index in [0.29, 0.717) is 39.7 Å². The fraction of sp³-hybridized carbons (Fsp3) is 0.115. The average molecular weight is 442 g/mol. The van der Waals surface area contributed by atoms with Gasteiger partial charge in [-0.1, -0.05) is 47.4 Å². The zero-order chi connectivity index (χ0) is 22.5. The molecule has 0 amide bonds. The first-order valence-corrected chi connectivity index (χ1v) is 10.4. The van der Waals surface area contributed by atoms with Gasteiger partial charge in [0, 0.05) is 16.6 Å². The molecule has 0 bridgehead atoms. The lowest BCUT2D eigenvalue weighted by atomic mass is 10.1. The number of carbonyl (C=O) groups excluding carboxylic acids is 1. The average Bonchev–Trinajstić information content (AvgIpc) is 2.79. The first-order chi connectivity index (χ1) is 15.5. The minimum Gasteiger partial charge on any atom is -0.487 e. The van der Waals surface area contributed by atoms with Gasteiger partial charge in [0.25, 0.3) is 0 Å². The number of hydrogen-bond donors (Lipinski definition) is 1. The molecule has 4 aromatic rings. The van der Waals surface area contributed by atoms with Crippen molar-refractivity contribution >= 4 is 39.8 Å². The minimum absolute atomic E-state index is 0.248. The van der Waals surface area contributed by atoms with E-state index in [1.807, 2.05) is 37.3 Å². The van der Waals surface area contributed by atoms with Crippen LogP contribution in [0.4, 0.5) is 11.5 Å². The van der Waals surface area contributed by atoms with Crippen molar-refractivity contribution in [2.75, 3.05) is 5.32 Å². The van der Waals surface area contributed by atoms with Crippen LogP contribution in [0.1, 0.15) is 28.4 Å². The summed E-state index contributed by atoms with van der Waals surface area (Å²) in [4.78, 5) is 20.8. The maximum absolute atomic E-state index is 12.2. The SMILES string of the molecule is CC#CC(=O)c1ccc2ncnc(Nc3ccc(OCc4cccc(C)c4)c(Cl)c3)c2c1. The number of carbonyl (C=O) groups is 1. The lowest BCUT2D eigenvalue weighted by Gasteiger charge is -2.12.